The number of anilines is 2. The highest BCUT2D eigenvalue weighted by Crippen LogP contribution is 2.18. The average molecular weight is 395 g/mol. The van der Waals surface area contributed by atoms with Crippen LogP contribution < -0.4 is 10.6 Å². The van der Waals surface area contributed by atoms with E-state index >= 15 is 0 Å². The van der Waals surface area contributed by atoms with Crippen LogP contribution >= 0.6 is 11.8 Å². The van der Waals surface area contributed by atoms with Gasteiger partial charge < -0.3 is 15.2 Å². The first-order valence-electron chi connectivity index (χ1n) is 8.67. The quantitative estimate of drug-likeness (QED) is 0.625. The van der Waals surface area contributed by atoms with Gasteiger partial charge in [-0.2, -0.15) is 0 Å². The SMILES string of the molecule is Cc1ccc(NC(=O)c2ccc(NC(=O)CSc3nncn3C)cc2)c(C)c1. The van der Waals surface area contributed by atoms with Crippen molar-refractivity contribution in [2.75, 3.05) is 16.4 Å². The molecule has 8 heteroatoms. The van der Waals surface area contributed by atoms with E-state index in [9.17, 15) is 9.59 Å². The molecular weight excluding hydrogens is 374 g/mol. The minimum atomic E-state index is -0.192. The molecule has 0 saturated heterocycles. The topological polar surface area (TPSA) is 88.9 Å². The number of thioether (sulfide) groups is 1. The van der Waals surface area contributed by atoms with Crippen LogP contribution in [0.25, 0.3) is 0 Å². The van der Waals surface area contributed by atoms with Crippen molar-refractivity contribution in [1.29, 1.82) is 0 Å². The zero-order valence-electron chi connectivity index (χ0n) is 15.9. The second-order valence-electron chi connectivity index (χ2n) is 6.41. The molecule has 3 aromatic rings. The lowest BCUT2D eigenvalue weighted by Crippen LogP contribution is -2.15. The lowest BCUT2D eigenvalue weighted by molar-refractivity contribution is -0.113. The van der Waals surface area contributed by atoms with Crippen molar-refractivity contribution in [3.8, 4) is 0 Å². The number of nitrogens with zero attached hydrogens (tertiary/aromatic N) is 3. The zero-order chi connectivity index (χ0) is 20.1. The Bertz CT molecular complexity index is 998. The predicted molar refractivity (Wildman–Crippen MR) is 111 cm³/mol. The zero-order valence-corrected chi connectivity index (χ0v) is 16.7. The van der Waals surface area contributed by atoms with E-state index in [0.717, 1.165) is 16.8 Å². The largest absolute Gasteiger partial charge is 0.325 e. The van der Waals surface area contributed by atoms with Crippen LogP contribution in [-0.4, -0.2) is 32.3 Å². The average Bonchev–Trinajstić information content (AvgIpc) is 3.08. The lowest BCUT2D eigenvalue weighted by atomic mass is 10.1. The van der Waals surface area contributed by atoms with Crippen molar-refractivity contribution in [2.24, 2.45) is 7.05 Å². The van der Waals surface area contributed by atoms with E-state index in [1.807, 2.05) is 39.1 Å². The summed E-state index contributed by atoms with van der Waals surface area (Å²) in [6.07, 6.45) is 1.59. The highest BCUT2D eigenvalue weighted by Gasteiger charge is 2.10. The second-order valence-corrected chi connectivity index (χ2v) is 7.35. The van der Waals surface area contributed by atoms with Gasteiger partial charge in [-0.3, -0.25) is 9.59 Å². The van der Waals surface area contributed by atoms with Crippen LogP contribution in [0.5, 0.6) is 0 Å². The molecule has 2 amide bonds. The Balaban J connectivity index is 1.56. The molecule has 0 atom stereocenters. The number of carbonyl (C=O) groups excluding carboxylic acids is 2. The maximum atomic E-state index is 12.4. The summed E-state index contributed by atoms with van der Waals surface area (Å²) in [4.78, 5) is 24.5. The van der Waals surface area contributed by atoms with Crippen molar-refractivity contribution >= 4 is 35.0 Å². The molecule has 0 bridgehead atoms. The predicted octanol–water partition coefficient (Wildman–Crippen LogP) is 3.42. The Morgan fingerprint density at radius 3 is 2.46 bits per heavy atom. The first-order chi connectivity index (χ1) is 13.4. The van der Waals surface area contributed by atoms with Gasteiger partial charge in [-0.25, -0.2) is 0 Å². The fourth-order valence-corrected chi connectivity index (χ4v) is 3.27. The maximum Gasteiger partial charge on any atom is 0.255 e. The van der Waals surface area contributed by atoms with Crippen molar-refractivity contribution < 1.29 is 9.59 Å². The van der Waals surface area contributed by atoms with Gasteiger partial charge in [0.05, 0.1) is 5.75 Å². The van der Waals surface area contributed by atoms with Crippen LogP contribution in [0.1, 0.15) is 21.5 Å². The Morgan fingerprint density at radius 2 is 1.82 bits per heavy atom. The molecular formula is C20H21N5O2S. The van der Waals surface area contributed by atoms with Gasteiger partial charge in [0.1, 0.15) is 6.33 Å². The van der Waals surface area contributed by atoms with E-state index in [4.69, 9.17) is 0 Å². The summed E-state index contributed by atoms with van der Waals surface area (Å²) < 4.78 is 1.75. The van der Waals surface area contributed by atoms with E-state index in [0.29, 0.717) is 16.4 Å². The number of carbonyl (C=O) groups is 2. The van der Waals surface area contributed by atoms with E-state index in [1.54, 1.807) is 35.2 Å². The molecule has 0 aliphatic carbocycles. The summed E-state index contributed by atoms with van der Waals surface area (Å²) in [7, 11) is 1.82. The molecule has 2 aromatic carbocycles. The molecule has 0 unspecified atom stereocenters. The molecule has 0 spiro atoms. The highest BCUT2D eigenvalue weighted by atomic mass is 32.2. The molecule has 3 rings (SSSR count). The van der Waals surface area contributed by atoms with Crippen LogP contribution in [0.3, 0.4) is 0 Å². The van der Waals surface area contributed by atoms with Crippen LogP contribution in [0.15, 0.2) is 53.9 Å². The molecule has 0 fully saturated rings. The first kappa shape index (κ1) is 19.6. The van der Waals surface area contributed by atoms with Gasteiger partial charge in [0.2, 0.25) is 5.91 Å². The third kappa shape index (κ3) is 4.98. The van der Waals surface area contributed by atoms with Gasteiger partial charge in [-0.15, -0.1) is 10.2 Å². The van der Waals surface area contributed by atoms with Crippen LogP contribution in [0.4, 0.5) is 11.4 Å². The number of hydrogen-bond acceptors (Lipinski definition) is 5. The minimum Gasteiger partial charge on any atom is -0.325 e. The summed E-state index contributed by atoms with van der Waals surface area (Å²) in [6.45, 7) is 3.97. The Hall–Kier alpha value is -3.13. The summed E-state index contributed by atoms with van der Waals surface area (Å²) in [5, 5.41) is 14.1. The molecule has 0 aliphatic heterocycles. The van der Waals surface area contributed by atoms with Crippen LogP contribution in [0, 0.1) is 13.8 Å². The molecule has 0 saturated carbocycles. The van der Waals surface area contributed by atoms with Crippen molar-refractivity contribution in [3.05, 3.63) is 65.5 Å². The molecule has 1 aromatic heterocycles. The number of aromatic nitrogens is 3. The van der Waals surface area contributed by atoms with Gasteiger partial charge in [0.15, 0.2) is 5.16 Å². The Kier molecular flexibility index (Phi) is 6.10. The number of rotatable bonds is 6. The molecule has 0 aliphatic rings. The van der Waals surface area contributed by atoms with Crippen molar-refractivity contribution in [2.45, 2.75) is 19.0 Å². The molecule has 144 valence electrons. The van der Waals surface area contributed by atoms with Crippen LogP contribution in [-0.2, 0) is 11.8 Å². The number of amides is 2. The number of benzene rings is 2. The lowest BCUT2D eigenvalue weighted by Gasteiger charge is -2.10. The number of aryl methyl sites for hydroxylation is 3. The van der Waals surface area contributed by atoms with Crippen molar-refractivity contribution in [1.82, 2.24) is 14.8 Å². The van der Waals surface area contributed by atoms with E-state index in [1.165, 1.54) is 11.8 Å². The van der Waals surface area contributed by atoms with Gasteiger partial charge in [-0.1, -0.05) is 29.5 Å². The van der Waals surface area contributed by atoms with Gasteiger partial charge >= 0.3 is 0 Å². The van der Waals surface area contributed by atoms with Gasteiger partial charge in [0, 0.05) is 24.0 Å². The van der Waals surface area contributed by atoms with E-state index in [-0.39, 0.29) is 17.6 Å². The second kappa shape index (κ2) is 8.71. The van der Waals surface area contributed by atoms with E-state index in [2.05, 4.69) is 20.8 Å². The molecule has 1 heterocycles. The fraction of sp³-hybridized carbons (Fsp3) is 0.200. The normalized spacial score (nSPS) is 10.5. The number of nitrogens with one attached hydrogen (secondary N) is 2. The maximum absolute atomic E-state index is 12.4. The van der Waals surface area contributed by atoms with Gasteiger partial charge in [-0.05, 0) is 49.7 Å². The Morgan fingerprint density at radius 1 is 1.07 bits per heavy atom. The minimum absolute atomic E-state index is 0.152. The third-order valence-electron chi connectivity index (χ3n) is 4.06. The fourth-order valence-electron chi connectivity index (χ4n) is 2.58. The first-order valence-corrected chi connectivity index (χ1v) is 9.66. The van der Waals surface area contributed by atoms with E-state index < -0.39 is 0 Å². The summed E-state index contributed by atoms with van der Waals surface area (Å²) in [5.74, 6) is -0.121. The van der Waals surface area contributed by atoms with Crippen molar-refractivity contribution in [3.63, 3.8) is 0 Å². The standard InChI is InChI=1S/C20H21N5O2S/c1-13-4-9-17(14(2)10-13)23-19(27)15-5-7-16(8-6-15)22-18(26)11-28-20-24-21-12-25(20)3/h4-10,12H,11H2,1-3H3,(H,22,26)(H,23,27). The molecule has 2 N–H and O–H groups in total. The smallest absolute Gasteiger partial charge is 0.255 e. The number of hydrogen-bond donors (Lipinski definition) is 2. The molecule has 28 heavy (non-hydrogen) atoms. The van der Waals surface area contributed by atoms with Gasteiger partial charge in [0.25, 0.3) is 5.91 Å². The summed E-state index contributed by atoms with van der Waals surface area (Å²) in [5.41, 5.74) is 4.09. The highest BCUT2D eigenvalue weighted by molar-refractivity contribution is 7.99. The van der Waals surface area contributed by atoms with Crippen LogP contribution in [0.2, 0.25) is 0 Å². The molecule has 0 radical (unpaired) electrons. The monoisotopic (exact) mass is 395 g/mol. The molecule has 7 nitrogen and oxygen atoms in total. The Labute approximate surface area is 167 Å². The summed E-state index contributed by atoms with van der Waals surface area (Å²) in [6, 6.07) is 12.7. The summed E-state index contributed by atoms with van der Waals surface area (Å²) >= 11 is 1.31. The third-order valence-corrected chi connectivity index (χ3v) is 5.10.